The molecule has 1 aliphatic rings. The largest absolute Gasteiger partial charge is 0.322 e. The number of benzene rings is 2. The molecule has 134 valence electrons. The first kappa shape index (κ1) is 16.0. The van der Waals surface area contributed by atoms with Gasteiger partial charge in [-0.3, -0.25) is 4.79 Å². The van der Waals surface area contributed by atoms with E-state index in [0.717, 1.165) is 34.4 Å². The fourth-order valence-corrected chi connectivity index (χ4v) is 4.05. The second kappa shape index (κ2) is 5.91. The van der Waals surface area contributed by atoms with E-state index in [0.29, 0.717) is 12.4 Å². The third-order valence-corrected chi connectivity index (χ3v) is 5.43. The van der Waals surface area contributed by atoms with Crippen LogP contribution >= 0.6 is 0 Å². The Morgan fingerprint density at radius 1 is 1.04 bits per heavy atom. The summed E-state index contributed by atoms with van der Waals surface area (Å²) in [6.07, 6.45) is 1.31. The van der Waals surface area contributed by atoms with Gasteiger partial charge in [0.2, 0.25) is 5.95 Å². The Morgan fingerprint density at radius 2 is 1.81 bits per heavy atom. The van der Waals surface area contributed by atoms with Crippen molar-refractivity contribution in [2.45, 2.75) is 32.6 Å². The standard InChI is InChI=1S/C22H20N4O/c1-13-7-9-15(10-8-13)16-11-19-21(20(27)12-16)14(2)25-26(19)22-23-17-5-3-4-6-18(17)24-22/h3-10,16H,11-12H2,1-2H3,(H,23,24)/t16-/m0/s1. The SMILES string of the molecule is Cc1ccc([C@@H]2CC(=O)c3c(C)nn(-c4nc5ccccc5[nH]4)c3C2)cc1. The second-order valence-corrected chi connectivity index (χ2v) is 7.34. The smallest absolute Gasteiger partial charge is 0.229 e. The molecule has 1 atom stereocenters. The normalized spacial score (nSPS) is 16.7. The molecule has 0 bridgehead atoms. The summed E-state index contributed by atoms with van der Waals surface area (Å²) < 4.78 is 1.82. The molecule has 0 amide bonds. The van der Waals surface area contributed by atoms with Gasteiger partial charge in [0.25, 0.3) is 0 Å². The average molecular weight is 356 g/mol. The number of nitrogens with one attached hydrogen (secondary N) is 1. The molecule has 5 heteroatoms. The third-order valence-electron chi connectivity index (χ3n) is 5.43. The summed E-state index contributed by atoms with van der Waals surface area (Å²) in [6, 6.07) is 16.4. The lowest BCUT2D eigenvalue weighted by Crippen LogP contribution is -2.21. The van der Waals surface area contributed by atoms with Crippen molar-refractivity contribution in [2.24, 2.45) is 0 Å². The number of Topliss-reactive ketones (excluding diaryl/α,β-unsaturated/α-hetero) is 1. The van der Waals surface area contributed by atoms with Crippen LogP contribution in [-0.2, 0) is 6.42 Å². The first-order chi connectivity index (χ1) is 13.1. The van der Waals surface area contributed by atoms with E-state index in [1.165, 1.54) is 11.1 Å². The van der Waals surface area contributed by atoms with E-state index >= 15 is 0 Å². The molecule has 5 nitrogen and oxygen atoms in total. The summed E-state index contributed by atoms with van der Waals surface area (Å²) in [4.78, 5) is 20.9. The van der Waals surface area contributed by atoms with Gasteiger partial charge >= 0.3 is 0 Å². The lowest BCUT2D eigenvalue weighted by molar-refractivity contribution is 0.0963. The Hall–Kier alpha value is -3.21. The van der Waals surface area contributed by atoms with Crippen LogP contribution in [0, 0.1) is 13.8 Å². The molecule has 0 radical (unpaired) electrons. The van der Waals surface area contributed by atoms with Gasteiger partial charge in [-0.15, -0.1) is 0 Å². The monoisotopic (exact) mass is 356 g/mol. The van der Waals surface area contributed by atoms with E-state index in [-0.39, 0.29) is 11.7 Å². The number of rotatable bonds is 2. The molecule has 2 aromatic carbocycles. The molecule has 27 heavy (non-hydrogen) atoms. The fourth-order valence-electron chi connectivity index (χ4n) is 4.05. The topological polar surface area (TPSA) is 63.6 Å². The molecule has 1 N–H and O–H groups in total. The summed E-state index contributed by atoms with van der Waals surface area (Å²) >= 11 is 0. The van der Waals surface area contributed by atoms with Crippen LogP contribution in [-0.4, -0.2) is 25.5 Å². The number of aromatic nitrogens is 4. The van der Waals surface area contributed by atoms with Crippen molar-refractivity contribution in [3.05, 3.63) is 76.6 Å². The molecular formula is C22H20N4O. The lowest BCUT2D eigenvalue weighted by Gasteiger charge is -2.22. The summed E-state index contributed by atoms with van der Waals surface area (Å²) in [5.74, 6) is 1.00. The minimum Gasteiger partial charge on any atom is -0.322 e. The minimum atomic E-state index is 0.168. The zero-order valence-electron chi connectivity index (χ0n) is 15.4. The highest BCUT2D eigenvalue weighted by Gasteiger charge is 2.32. The van der Waals surface area contributed by atoms with Gasteiger partial charge in [0.15, 0.2) is 5.78 Å². The number of H-pyrrole nitrogens is 1. The molecule has 0 saturated carbocycles. The Kier molecular flexibility index (Phi) is 3.50. The maximum atomic E-state index is 12.9. The van der Waals surface area contributed by atoms with Gasteiger partial charge in [0, 0.05) is 6.42 Å². The number of imidazole rings is 1. The lowest BCUT2D eigenvalue weighted by atomic mass is 9.81. The van der Waals surface area contributed by atoms with Crippen LogP contribution in [0.2, 0.25) is 0 Å². The van der Waals surface area contributed by atoms with E-state index in [2.05, 4.69) is 46.3 Å². The highest BCUT2D eigenvalue weighted by molar-refractivity contribution is 6.00. The van der Waals surface area contributed by atoms with Crippen LogP contribution in [0.3, 0.4) is 0 Å². The highest BCUT2D eigenvalue weighted by Crippen LogP contribution is 2.35. The van der Waals surface area contributed by atoms with E-state index in [1.54, 1.807) is 0 Å². The second-order valence-electron chi connectivity index (χ2n) is 7.34. The van der Waals surface area contributed by atoms with Gasteiger partial charge in [-0.2, -0.15) is 5.10 Å². The predicted octanol–water partition coefficient (Wildman–Crippen LogP) is 4.28. The highest BCUT2D eigenvalue weighted by atomic mass is 16.1. The molecule has 0 unspecified atom stereocenters. The zero-order chi connectivity index (χ0) is 18.5. The summed E-state index contributed by atoms with van der Waals surface area (Å²) in [7, 11) is 0. The number of hydrogen-bond donors (Lipinski definition) is 1. The number of aryl methyl sites for hydroxylation is 2. The van der Waals surface area contributed by atoms with E-state index < -0.39 is 0 Å². The first-order valence-corrected chi connectivity index (χ1v) is 9.23. The number of fused-ring (bicyclic) bond motifs is 2. The van der Waals surface area contributed by atoms with Gasteiger partial charge < -0.3 is 4.98 Å². The molecule has 2 heterocycles. The number of hydrogen-bond acceptors (Lipinski definition) is 3. The molecule has 0 saturated heterocycles. The van der Waals surface area contributed by atoms with E-state index in [1.807, 2.05) is 35.9 Å². The van der Waals surface area contributed by atoms with Gasteiger partial charge in [-0.1, -0.05) is 42.0 Å². The fraction of sp³-hybridized carbons (Fsp3) is 0.227. The molecule has 0 spiro atoms. The number of ketones is 1. The Bertz CT molecular complexity index is 1130. The van der Waals surface area contributed by atoms with Crippen molar-refractivity contribution in [3.63, 3.8) is 0 Å². The predicted molar refractivity (Wildman–Crippen MR) is 105 cm³/mol. The summed E-state index contributed by atoms with van der Waals surface area (Å²) in [5, 5.41) is 4.65. The Morgan fingerprint density at radius 3 is 2.59 bits per heavy atom. The zero-order valence-corrected chi connectivity index (χ0v) is 15.4. The average Bonchev–Trinajstić information content (AvgIpc) is 3.23. The van der Waals surface area contributed by atoms with Crippen molar-refractivity contribution < 1.29 is 4.79 Å². The number of carbonyl (C=O) groups excluding carboxylic acids is 1. The number of nitrogens with zero attached hydrogens (tertiary/aromatic N) is 3. The number of para-hydroxylation sites is 2. The van der Waals surface area contributed by atoms with Crippen LogP contribution in [0.1, 0.15) is 45.2 Å². The van der Waals surface area contributed by atoms with Crippen LogP contribution in [0.5, 0.6) is 0 Å². The van der Waals surface area contributed by atoms with Crippen molar-refractivity contribution in [1.82, 2.24) is 19.7 Å². The van der Waals surface area contributed by atoms with Gasteiger partial charge in [0.05, 0.1) is 28.0 Å². The Balaban J connectivity index is 1.61. The first-order valence-electron chi connectivity index (χ1n) is 9.23. The van der Waals surface area contributed by atoms with E-state index in [4.69, 9.17) is 0 Å². The minimum absolute atomic E-state index is 0.168. The number of aromatic amines is 1. The molecular weight excluding hydrogens is 336 g/mol. The van der Waals surface area contributed by atoms with Crippen molar-refractivity contribution in [3.8, 4) is 5.95 Å². The number of carbonyl (C=O) groups is 1. The summed E-state index contributed by atoms with van der Waals surface area (Å²) in [5.41, 5.74) is 6.78. The van der Waals surface area contributed by atoms with Crippen molar-refractivity contribution >= 4 is 16.8 Å². The molecule has 0 fully saturated rings. The Labute approximate surface area is 157 Å². The van der Waals surface area contributed by atoms with Gasteiger partial charge in [-0.25, -0.2) is 9.67 Å². The third kappa shape index (κ3) is 2.58. The summed E-state index contributed by atoms with van der Waals surface area (Å²) in [6.45, 7) is 3.98. The molecule has 4 aromatic rings. The van der Waals surface area contributed by atoms with Crippen LogP contribution < -0.4 is 0 Å². The molecule has 5 rings (SSSR count). The molecule has 2 aromatic heterocycles. The molecule has 0 aliphatic heterocycles. The van der Waals surface area contributed by atoms with E-state index in [9.17, 15) is 4.79 Å². The van der Waals surface area contributed by atoms with Crippen LogP contribution in [0.15, 0.2) is 48.5 Å². The van der Waals surface area contributed by atoms with Crippen molar-refractivity contribution in [2.75, 3.05) is 0 Å². The van der Waals surface area contributed by atoms with Gasteiger partial charge in [-0.05, 0) is 43.9 Å². The van der Waals surface area contributed by atoms with Crippen molar-refractivity contribution in [1.29, 1.82) is 0 Å². The maximum absolute atomic E-state index is 12.9. The van der Waals surface area contributed by atoms with Gasteiger partial charge in [0.1, 0.15) is 0 Å². The molecule has 1 aliphatic carbocycles. The quantitative estimate of drug-likeness (QED) is 0.583. The van der Waals surface area contributed by atoms with Crippen LogP contribution in [0.4, 0.5) is 0 Å². The van der Waals surface area contributed by atoms with Crippen LogP contribution in [0.25, 0.3) is 17.0 Å². The maximum Gasteiger partial charge on any atom is 0.229 e.